The van der Waals surface area contributed by atoms with Gasteiger partial charge in [0.25, 0.3) is 5.91 Å². The van der Waals surface area contributed by atoms with E-state index in [9.17, 15) is 14.4 Å². The molecule has 3 amide bonds. The van der Waals surface area contributed by atoms with Crippen molar-refractivity contribution < 1.29 is 18.8 Å². The number of nitrogens with one attached hydrogen (secondary N) is 2. The summed E-state index contributed by atoms with van der Waals surface area (Å²) in [4.78, 5) is 41.7. The highest BCUT2D eigenvalue weighted by Gasteiger charge is 2.44. The van der Waals surface area contributed by atoms with Gasteiger partial charge in [-0.25, -0.2) is 0 Å². The summed E-state index contributed by atoms with van der Waals surface area (Å²) in [6.07, 6.45) is 4.02. The Morgan fingerprint density at radius 2 is 2.06 bits per heavy atom. The number of anilines is 1. The van der Waals surface area contributed by atoms with Crippen LogP contribution in [0.25, 0.3) is 0 Å². The van der Waals surface area contributed by atoms with Gasteiger partial charge in [-0.05, 0) is 43.0 Å². The monoisotopic (exact) mass is 422 g/mol. The summed E-state index contributed by atoms with van der Waals surface area (Å²) in [5.74, 6) is 0.114. The van der Waals surface area contributed by atoms with Crippen LogP contribution < -0.4 is 15.5 Å². The summed E-state index contributed by atoms with van der Waals surface area (Å²) in [6, 6.07) is 11.0. The van der Waals surface area contributed by atoms with Gasteiger partial charge >= 0.3 is 0 Å². The van der Waals surface area contributed by atoms with E-state index in [1.54, 1.807) is 12.1 Å². The van der Waals surface area contributed by atoms with Crippen LogP contribution in [0.1, 0.15) is 35.4 Å². The van der Waals surface area contributed by atoms with Crippen LogP contribution in [-0.2, 0) is 16.0 Å². The summed E-state index contributed by atoms with van der Waals surface area (Å²) < 4.78 is 5.16. The first kappa shape index (κ1) is 19.8. The molecule has 8 heteroatoms. The molecule has 0 saturated carbocycles. The van der Waals surface area contributed by atoms with Crippen LogP contribution in [0.5, 0.6) is 0 Å². The Morgan fingerprint density at radius 1 is 1.19 bits per heavy atom. The maximum absolute atomic E-state index is 12.9. The van der Waals surface area contributed by atoms with Crippen LogP contribution in [0, 0.1) is 0 Å². The van der Waals surface area contributed by atoms with Crippen molar-refractivity contribution in [3.05, 3.63) is 54.0 Å². The van der Waals surface area contributed by atoms with Crippen LogP contribution in [-0.4, -0.2) is 60.4 Å². The minimum Gasteiger partial charge on any atom is -0.459 e. The molecule has 0 spiro atoms. The Labute approximate surface area is 180 Å². The lowest BCUT2D eigenvalue weighted by Crippen LogP contribution is -2.58. The molecule has 31 heavy (non-hydrogen) atoms. The fourth-order valence-electron chi connectivity index (χ4n) is 5.03. The summed E-state index contributed by atoms with van der Waals surface area (Å²) in [5, 5.41) is 5.95. The SMILES string of the molecule is O=C(N[C@H]1C[C@H]2C(=O)NC[C@@H](CCC(=O)N3CCc4ccccc43)N2C1)c1ccco1. The van der Waals surface area contributed by atoms with Crippen molar-refractivity contribution in [1.29, 1.82) is 0 Å². The molecule has 2 aromatic rings. The van der Waals surface area contributed by atoms with Crippen LogP contribution in [0.15, 0.2) is 47.1 Å². The van der Waals surface area contributed by atoms with Gasteiger partial charge in [0.1, 0.15) is 0 Å². The Morgan fingerprint density at radius 3 is 2.90 bits per heavy atom. The first-order chi connectivity index (χ1) is 15.1. The number of piperazine rings is 1. The number of benzene rings is 1. The predicted octanol–water partition coefficient (Wildman–Crippen LogP) is 1.32. The Kier molecular flexibility index (Phi) is 5.23. The third-order valence-electron chi connectivity index (χ3n) is 6.58. The fourth-order valence-corrected chi connectivity index (χ4v) is 5.03. The second kappa shape index (κ2) is 8.19. The summed E-state index contributed by atoms with van der Waals surface area (Å²) in [6.45, 7) is 1.85. The minimum absolute atomic E-state index is 0.00852. The maximum atomic E-state index is 12.9. The largest absolute Gasteiger partial charge is 0.459 e. The molecule has 0 aliphatic carbocycles. The lowest BCUT2D eigenvalue weighted by atomic mass is 10.0. The average Bonchev–Trinajstić information content (AvgIpc) is 3.52. The number of hydrogen-bond donors (Lipinski definition) is 2. The molecule has 162 valence electrons. The van der Waals surface area contributed by atoms with E-state index in [-0.39, 0.29) is 41.6 Å². The third-order valence-corrected chi connectivity index (χ3v) is 6.58. The molecule has 3 atom stereocenters. The van der Waals surface area contributed by atoms with Crippen molar-refractivity contribution in [3.8, 4) is 0 Å². The average molecular weight is 422 g/mol. The van der Waals surface area contributed by atoms with Gasteiger partial charge in [0.15, 0.2) is 5.76 Å². The van der Waals surface area contributed by atoms with E-state index in [1.807, 2.05) is 23.1 Å². The molecule has 2 saturated heterocycles. The van der Waals surface area contributed by atoms with Crippen molar-refractivity contribution in [2.45, 2.75) is 43.8 Å². The van der Waals surface area contributed by atoms with Gasteiger partial charge in [-0.2, -0.15) is 0 Å². The van der Waals surface area contributed by atoms with Crippen molar-refractivity contribution in [3.63, 3.8) is 0 Å². The van der Waals surface area contributed by atoms with Crippen molar-refractivity contribution in [1.82, 2.24) is 15.5 Å². The summed E-state index contributed by atoms with van der Waals surface area (Å²) >= 11 is 0. The molecular weight excluding hydrogens is 396 g/mol. The van der Waals surface area contributed by atoms with Gasteiger partial charge < -0.3 is 20.0 Å². The molecular formula is C23H26N4O4. The van der Waals surface area contributed by atoms with E-state index in [4.69, 9.17) is 4.42 Å². The van der Waals surface area contributed by atoms with Crippen molar-refractivity contribution in [2.75, 3.05) is 24.5 Å². The number of hydrogen-bond acceptors (Lipinski definition) is 5. The van der Waals surface area contributed by atoms with E-state index in [2.05, 4.69) is 21.6 Å². The van der Waals surface area contributed by atoms with E-state index in [0.717, 1.165) is 18.7 Å². The zero-order valence-electron chi connectivity index (χ0n) is 17.3. The zero-order chi connectivity index (χ0) is 21.4. The molecule has 2 fully saturated rings. The van der Waals surface area contributed by atoms with E-state index in [1.165, 1.54) is 11.8 Å². The number of rotatable bonds is 5. The smallest absolute Gasteiger partial charge is 0.287 e. The summed E-state index contributed by atoms with van der Waals surface area (Å²) in [5.41, 5.74) is 2.24. The molecule has 3 aliphatic heterocycles. The second-order valence-electron chi connectivity index (χ2n) is 8.46. The van der Waals surface area contributed by atoms with E-state index < -0.39 is 0 Å². The van der Waals surface area contributed by atoms with E-state index >= 15 is 0 Å². The van der Waals surface area contributed by atoms with Crippen LogP contribution in [0.4, 0.5) is 5.69 Å². The second-order valence-corrected chi connectivity index (χ2v) is 8.46. The lowest BCUT2D eigenvalue weighted by Gasteiger charge is -2.37. The normalized spacial score (nSPS) is 25.1. The summed E-state index contributed by atoms with van der Waals surface area (Å²) in [7, 11) is 0. The molecule has 1 aromatic carbocycles. The Bertz CT molecular complexity index is 989. The van der Waals surface area contributed by atoms with Crippen LogP contribution in [0.2, 0.25) is 0 Å². The number of para-hydroxylation sites is 1. The van der Waals surface area contributed by atoms with Crippen molar-refractivity contribution >= 4 is 23.4 Å². The molecule has 4 heterocycles. The topological polar surface area (TPSA) is 94.9 Å². The lowest BCUT2D eigenvalue weighted by molar-refractivity contribution is -0.129. The molecule has 8 nitrogen and oxygen atoms in total. The highest BCUT2D eigenvalue weighted by molar-refractivity contribution is 5.95. The van der Waals surface area contributed by atoms with Gasteiger partial charge in [-0.3, -0.25) is 19.3 Å². The highest BCUT2D eigenvalue weighted by atomic mass is 16.3. The molecule has 3 aliphatic rings. The molecule has 0 radical (unpaired) electrons. The third kappa shape index (κ3) is 3.83. The standard InChI is InChI=1S/C23H26N4O4/c28-21(26-10-9-15-4-1-2-5-18(15)26)8-7-17-13-24-22(29)19-12-16(14-27(17)19)25-23(30)20-6-3-11-31-20/h1-6,11,16-17,19H,7-10,12-14H2,(H,24,29)(H,25,30)/t16-,17+,19-/m0/s1. The molecule has 0 bridgehead atoms. The van der Waals surface area contributed by atoms with Gasteiger partial charge in [0.05, 0.1) is 12.3 Å². The maximum Gasteiger partial charge on any atom is 0.287 e. The first-order valence-electron chi connectivity index (χ1n) is 10.9. The molecule has 1 aromatic heterocycles. The van der Waals surface area contributed by atoms with Gasteiger partial charge in [-0.1, -0.05) is 18.2 Å². The number of fused-ring (bicyclic) bond motifs is 2. The number of carbonyl (C=O) groups is 3. The number of nitrogens with zero attached hydrogens (tertiary/aromatic N) is 2. The number of carbonyl (C=O) groups excluding carboxylic acids is 3. The number of amides is 3. The molecule has 5 rings (SSSR count). The van der Waals surface area contributed by atoms with Gasteiger partial charge in [-0.15, -0.1) is 0 Å². The van der Waals surface area contributed by atoms with Gasteiger partial charge in [0.2, 0.25) is 11.8 Å². The fraction of sp³-hybridized carbons (Fsp3) is 0.435. The zero-order valence-corrected chi connectivity index (χ0v) is 17.3. The van der Waals surface area contributed by atoms with Gasteiger partial charge in [0, 0.05) is 43.8 Å². The minimum atomic E-state index is -0.275. The highest BCUT2D eigenvalue weighted by Crippen LogP contribution is 2.30. The molecule has 0 unspecified atom stereocenters. The quantitative estimate of drug-likeness (QED) is 0.758. The first-order valence-corrected chi connectivity index (χ1v) is 10.9. The van der Waals surface area contributed by atoms with Crippen LogP contribution in [0.3, 0.4) is 0 Å². The Hall–Kier alpha value is -3.13. The molecule has 2 N–H and O–H groups in total. The predicted molar refractivity (Wildman–Crippen MR) is 114 cm³/mol. The Balaban J connectivity index is 1.20. The van der Waals surface area contributed by atoms with E-state index in [0.29, 0.717) is 32.4 Å². The number of furan rings is 1. The van der Waals surface area contributed by atoms with Crippen LogP contribution >= 0.6 is 0 Å². The van der Waals surface area contributed by atoms with Crippen molar-refractivity contribution in [2.24, 2.45) is 0 Å².